The molecule has 0 fully saturated rings. The Balaban J connectivity index is 1.63. The third-order valence-corrected chi connectivity index (χ3v) is 3.84. The van der Waals surface area contributed by atoms with E-state index in [9.17, 15) is 4.79 Å². The molecule has 2 aromatic rings. The quantitative estimate of drug-likeness (QED) is 0.851. The highest BCUT2D eigenvalue weighted by Gasteiger charge is 2.22. The van der Waals surface area contributed by atoms with E-state index >= 15 is 0 Å². The van der Waals surface area contributed by atoms with Gasteiger partial charge in [0.05, 0.1) is 5.56 Å². The van der Waals surface area contributed by atoms with Crippen molar-refractivity contribution in [1.29, 1.82) is 0 Å². The summed E-state index contributed by atoms with van der Waals surface area (Å²) in [6.45, 7) is 1.76. The van der Waals surface area contributed by atoms with Crippen molar-refractivity contribution in [2.75, 3.05) is 13.6 Å². The molecule has 0 N–H and O–H groups in total. The lowest BCUT2D eigenvalue weighted by atomic mass is 9.97. The number of fused-ring (bicyclic) bond motifs is 1. The molecular formula is C15H18N4O. The van der Waals surface area contributed by atoms with Gasteiger partial charge < -0.3 is 9.47 Å². The molecule has 0 spiro atoms. The lowest BCUT2D eigenvalue weighted by molar-refractivity contribution is 0.0763. The summed E-state index contributed by atoms with van der Waals surface area (Å²) in [5.41, 5.74) is 0.646. The fourth-order valence-electron chi connectivity index (χ4n) is 2.75. The van der Waals surface area contributed by atoms with E-state index in [2.05, 4.69) is 14.5 Å². The molecule has 1 amide bonds. The molecule has 0 radical (unpaired) electrons. The summed E-state index contributed by atoms with van der Waals surface area (Å²) in [5.74, 6) is 1.64. The number of amides is 1. The van der Waals surface area contributed by atoms with Crippen LogP contribution in [0.2, 0.25) is 0 Å². The summed E-state index contributed by atoms with van der Waals surface area (Å²) < 4.78 is 2.19. The third kappa shape index (κ3) is 2.57. The third-order valence-electron chi connectivity index (χ3n) is 3.84. The van der Waals surface area contributed by atoms with E-state index in [-0.39, 0.29) is 5.91 Å². The Morgan fingerprint density at radius 2 is 2.40 bits per heavy atom. The van der Waals surface area contributed by atoms with Crippen LogP contribution in [0.3, 0.4) is 0 Å². The van der Waals surface area contributed by atoms with Crippen LogP contribution in [0.4, 0.5) is 0 Å². The largest absolute Gasteiger partial charge is 0.341 e. The van der Waals surface area contributed by atoms with Crippen molar-refractivity contribution in [3.8, 4) is 0 Å². The predicted molar refractivity (Wildman–Crippen MR) is 75.2 cm³/mol. The van der Waals surface area contributed by atoms with Crippen molar-refractivity contribution < 1.29 is 4.79 Å². The molecular weight excluding hydrogens is 252 g/mol. The summed E-state index contributed by atoms with van der Waals surface area (Å²) in [5, 5.41) is 0. The highest BCUT2D eigenvalue weighted by Crippen LogP contribution is 2.20. The van der Waals surface area contributed by atoms with E-state index in [0.29, 0.717) is 11.5 Å². The zero-order valence-electron chi connectivity index (χ0n) is 11.6. The van der Waals surface area contributed by atoms with Crippen molar-refractivity contribution in [3.63, 3.8) is 0 Å². The summed E-state index contributed by atoms with van der Waals surface area (Å²) in [6.07, 6.45) is 9.20. The Morgan fingerprint density at radius 1 is 1.50 bits per heavy atom. The maximum Gasteiger partial charge on any atom is 0.255 e. The molecule has 2 aromatic heterocycles. The molecule has 0 aromatic carbocycles. The van der Waals surface area contributed by atoms with Gasteiger partial charge in [0, 0.05) is 51.3 Å². The lowest BCUT2D eigenvalue weighted by Gasteiger charge is -2.27. The molecule has 0 unspecified atom stereocenters. The molecule has 5 nitrogen and oxygen atoms in total. The number of aromatic nitrogens is 3. The number of hydrogen-bond acceptors (Lipinski definition) is 3. The number of imidazole rings is 1. The maximum atomic E-state index is 12.3. The van der Waals surface area contributed by atoms with Crippen LogP contribution in [0.5, 0.6) is 0 Å². The highest BCUT2D eigenvalue weighted by atomic mass is 16.2. The Kier molecular flexibility index (Phi) is 3.50. The molecule has 1 aliphatic rings. The van der Waals surface area contributed by atoms with Crippen LogP contribution in [-0.4, -0.2) is 38.9 Å². The molecule has 0 saturated heterocycles. The summed E-state index contributed by atoms with van der Waals surface area (Å²) >= 11 is 0. The van der Waals surface area contributed by atoms with Crippen molar-refractivity contribution in [1.82, 2.24) is 19.4 Å². The molecule has 3 heterocycles. The fourth-order valence-corrected chi connectivity index (χ4v) is 2.75. The smallest absolute Gasteiger partial charge is 0.255 e. The van der Waals surface area contributed by atoms with E-state index in [0.717, 1.165) is 31.8 Å². The van der Waals surface area contributed by atoms with Crippen LogP contribution in [0.1, 0.15) is 22.6 Å². The van der Waals surface area contributed by atoms with Gasteiger partial charge in [0.25, 0.3) is 5.91 Å². The average Bonchev–Trinajstić information content (AvgIpc) is 2.95. The van der Waals surface area contributed by atoms with Gasteiger partial charge in [0.15, 0.2) is 0 Å². The van der Waals surface area contributed by atoms with Crippen LogP contribution in [0.25, 0.3) is 0 Å². The second-order valence-corrected chi connectivity index (χ2v) is 5.32. The predicted octanol–water partition coefficient (Wildman–Crippen LogP) is 1.61. The monoisotopic (exact) mass is 270 g/mol. The first-order valence-electron chi connectivity index (χ1n) is 6.89. The van der Waals surface area contributed by atoms with Gasteiger partial charge in [-0.3, -0.25) is 9.78 Å². The zero-order valence-corrected chi connectivity index (χ0v) is 11.6. The summed E-state index contributed by atoms with van der Waals surface area (Å²) in [6, 6.07) is 3.60. The summed E-state index contributed by atoms with van der Waals surface area (Å²) in [7, 11) is 1.86. The minimum Gasteiger partial charge on any atom is -0.341 e. The second kappa shape index (κ2) is 5.45. The van der Waals surface area contributed by atoms with Crippen LogP contribution < -0.4 is 0 Å². The molecule has 104 valence electrons. The normalized spacial score (nSPS) is 17.6. The van der Waals surface area contributed by atoms with Gasteiger partial charge >= 0.3 is 0 Å². The Hall–Kier alpha value is -2.17. The number of hydrogen-bond donors (Lipinski definition) is 0. The van der Waals surface area contributed by atoms with Gasteiger partial charge in [-0.1, -0.05) is 0 Å². The first-order chi connectivity index (χ1) is 9.74. The average molecular weight is 270 g/mol. The minimum atomic E-state index is 0.0343. The number of nitrogens with zero attached hydrogens (tertiary/aromatic N) is 4. The van der Waals surface area contributed by atoms with Crippen LogP contribution in [0, 0.1) is 5.92 Å². The molecule has 1 aliphatic heterocycles. The number of carbonyl (C=O) groups excluding carboxylic acids is 1. The first-order valence-corrected chi connectivity index (χ1v) is 6.89. The molecule has 3 rings (SSSR count). The zero-order chi connectivity index (χ0) is 13.9. The molecule has 0 aliphatic carbocycles. The molecule has 0 bridgehead atoms. The van der Waals surface area contributed by atoms with Crippen molar-refractivity contribution in [2.45, 2.75) is 19.4 Å². The van der Waals surface area contributed by atoms with Crippen LogP contribution >= 0.6 is 0 Å². The van der Waals surface area contributed by atoms with Crippen LogP contribution in [-0.2, 0) is 13.0 Å². The molecule has 0 saturated carbocycles. The van der Waals surface area contributed by atoms with Gasteiger partial charge in [-0.25, -0.2) is 4.98 Å². The Morgan fingerprint density at radius 3 is 3.20 bits per heavy atom. The van der Waals surface area contributed by atoms with Gasteiger partial charge in [-0.2, -0.15) is 0 Å². The lowest BCUT2D eigenvalue weighted by Crippen LogP contribution is -2.35. The minimum absolute atomic E-state index is 0.0343. The fraction of sp³-hybridized carbons (Fsp3) is 0.400. The number of carbonyl (C=O) groups is 1. The standard InChI is InChI=1S/C15H18N4O/c1-18(15(20)13-3-2-5-16-10-13)11-12-4-7-19-8-6-17-14(19)9-12/h2-3,5-6,8,10,12H,4,7,9,11H2,1H3/t12-/m0/s1. The van der Waals surface area contributed by atoms with Gasteiger partial charge in [-0.05, 0) is 24.5 Å². The second-order valence-electron chi connectivity index (χ2n) is 5.32. The van der Waals surface area contributed by atoms with Crippen molar-refractivity contribution >= 4 is 5.91 Å². The van der Waals surface area contributed by atoms with Gasteiger partial charge in [0.1, 0.15) is 5.82 Å². The van der Waals surface area contributed by atoms with E-state index in [1.165, 1.54) is 0 Å². The van der Waals surface area contributed by atoms with Gasteiger partial charge in [-0.15, -0.1) is 0 Å². The highest BCUT2D eigenvalue weighted by molar-refractivity contribution is 5.93. The SMILES string of the molecule is CN(C[C@H]1CCn2ccnc2C1)C(=O)c1cccnc1. The Labute approximate surface area is 118 Å². The van der Waals surface area contributed by atoms with Crippen molar-refractivity contribution in [2.24, 2.45) is 5.92 Å². The van der Waals surface area contributed by atoms with E-state index < -0.39 is 0 Å². The first kappa shape index (κ1) is 12.8. The number of aryl methyl sites for hydroxylation is 1. The summed E-state index contributed by atoms with van der Waals surface area (Å²) in [4.78, 5) is 22.4. The van der Waals surface area contributed by atoms with E-state index in [4.69, 9.17) is 0 Å². The van der Waals surface area contributed by atoms with E-state index in [1.807, 2.05) is 19.4 Å². The molecule has 5 heteroatoms. The van der Waals surface area contributed by atoms with E-state index in [1.54, 1.807) is 29.4 Å². The number of rotatable bonds is 3. The Bertz CT molecular complexity index is 593. The number of pyridine rings is 1. The van der Waals surface area contributed by atoms with Crippen molar-refractivity contribution in [3.05, 3.63) is 48.3 Å². The topological polar surface area (TPSA) is 51.0 Å². The van der Waals surface area contributed by atoms with Crippen LogP contribution in [0.15, 0.2) is 36.9 Å². The molecule has 1 atom stereocenters. The van der Waals surface area contributed by atoms with Gasteiger partial charge in [0.2, 0.25) is 0 Å². The molecule has 20 heavy (non-hydrogen) atoms. The maximum absolute atomic E-state index is 12.3.